The van der Waals surface area contributed by atoms with Crippen LogP contribution in [0.25, 0.3) is 0 Å². The van der Waals surface area contributed by atoms with Crippen molar-refractivity contribution in [1.29, 1.82) is 0 Å². The Balaban J connectivity index is 1.78. The summed E-state index contributed by atoms with van der Waals surface area (Å²) >= 11 is 5.18. The Morgan fingerprint density at radius 3 is 2.40 bits per heavy atom. The Hall–Kier alpha value is -2.07. The maximum atomic E-state index is 12.1. The summed E-state index contributed by atoms with van der Waals surface area (Å²) in [5.41, 5.74) is 0.425. The lowest BCUT2D eigenvalue weighted by Crippen LogP contribution is -3.15. The molecule has 0 spiro atoms. The molecule has 1 heterocycles. The van der Waals surface area contributed by atoms with Crippen molar-refractivity contribution in [3.8, 4) is 5.75 Å². The molecule has 0 saturated carbocycles. The Bertz CT molecular complexity index is 602. The number of benzene rings is 1. The molecular formula is C15H20F3N4O2S+. The zero-order valence-electron chi connectivity index (χ0n) is 13.7. The van der Waals surface area contributed by atoms with E-state index in [4.69, 9.17) is 12.2 Å². The monoisotopic (exact) mass is 377 g/mol. The van der Waals surface area contributed by atoms with E-state index in [0.717, 1.165) is 43.2 Å². The number of anilines is 1. The fraction of sp³-hybridized carbons (Fsp3) is 0.467. The van der Waals surface area contributed by atoms with Crippen LogP contribution >= 0.6 is 12.2 Å². The number of hydrogen-bond acceptors (Lipinski definition) is 3. The van der Waals surface area contributed by atoms with Crippen molar-refractivity contribution < 1.29 is 27.6 Å². The highest BCUT2D eigenvalue weighted by Gasteiger charge is 2.31. The van der Waals surface area contributed by atoms with Gasteiger partial charge in [0.1, 0.15) is 5.75 Å². The summed E-state index contributed by atoms with van der Waals surface area (Å²) in [6.45, 7) is 3.40. The number of quaternary nitrogens is 1. The van der Waals surface area contributed by atoms with Gasteiger partial charge in [-0.3, -0.25) is 4.79 Å². The van der Waals surface area contributed by atoms with Gasteiger partial charge in [0.25, 0.3) is 5.91 Å². The number of alkyl halides is 3. The molecule has 138 valence electrons. The summed E-state index contributed by atoms with van der Waals surface area (Å²) < 4.78 is 40.1. The molecular weight excluding hydrogens is 357 g/mol. The van der Waals surface area contributed by atoms with Crippen molar-refractivity contribution >= 4 is 28.9 Å². The summed E-state index contributed by atoms with van der Waals surface area (Å²) in [6, 6.07) is 5.07. The van der Waals surface area contributed by atoms with Crippen LogP contribution in [0.1, 0.15) is 0 Å². The average molecular weight is 377 g/mol. The van der Waals surface area contributed by atoms with E-state index in [1.165, 1.54) is 12.1 Å². The lowest BCUT2D eigenvalue weighted by molar-refractivity contribution is -0.895. The van der Waals surface area contributed by atoms with E-state index >= 15 is 0 Å². The zero-order chi connectivity index (χ0) is 18.4. The second-order valence-corrected chi connectivity index (χ2v) is 5.98. The maximum absolute atomic E-state index is 12.1. The van der Waals surface area contributed by atoms with E-state index in [1.54, 1.807) is 7.05 Å². The highest BCUT2D eigenvalue weighted by Crippen LogP contribution is 2.23. The van der Waals surface area contributed by atoms with Crippen molar-refractivity contribution in [2.75, 3.05) is 45.1 Å². The molecule has 25 heavy (non-hydrogen) atoms. The SMILES string of the molecule is CNC(=S)N1CC[NH+](CC(=O)Nc2ccc(OC(F)(F)F)cc2)CC1. The van der Waals surface area contributed by atoms with Gasteiger partial charge in [0.2, 0.25) is 0 Å². The second-order valence-electron chi connectivity index (χ2n) is 5.59. The first-order valence-electron chi connectivity index (χ1n) is 7.73. The molecule has 1 saturated heterocycles. The van der Waals surface area contributed by atoms with Gasteiger partial charge in [-0.25, -0.2) is 0 Å². The number of nitrogens with one attached hydrogen (secondary N) is 3. The minimum absolute atomic E-state index is 0.191. The third-order valence-electron chi connectivity index (χ3n) is 3.75. The lowest BCUT2D eigenvalue weighted by Gasteiger charge is -2.33. The molecule has 0 bridgehead atoms. The van der Waals surface area contributed by atoms with E-state index < -0.39 is 6.36 Å². The van der Waals surface area contributed by atoms with Crippen molar-refractivity contribution in [3.63, 3.8) is 0 Å². The summed E-state index contributed by atoms with van der Waals surface area (Å²) in [6.07, 6.45) is -4.73. The maximum Gasteiger partial charge on any atom is 0.573 e. The first kappa shape index (κ1) is 19.3. The number of carbonyl (C=O) groups excluding carboxylic acids is 1. The van der Waals surface area contributed by atoms with Crippen molar-refractivity contribution in [2.45, 2.75) is 6.36 Å². The van der Waals surface area contributed by atoms with Crippen LogP contribution in [0, 0.1) is 0 Å². The minimum Gasteiger partial charge on any atom is -0.406 e. The van der Waals surface area contributed by atoms with Gasteiger partial charge < -0.3 is 25.2 Å². The topological polar surface area (TPSA) is 58.0 Å². The average Bonchev–Trinajstić information content (AvgIpc) is 2.55. The molecule has 1 aliphatic rings. The number of nitrogens with zero attached hydrogens (tertiary/aromatic N) is 1. The molecule has 10 heteroatoms. The molecule has 0 unspecified atom stereocenters. The van der Waals surface area contributed by atoms with Crippen LogP contribution in [0.5, 0.6) is 5.75 Å². The first-order chi connectivity index (χ1) is 11.8. The summed E-state index contributed by atoms with van der Waals surface area (Å²) in [7, 11) is 1.78. The molecule has 0 aliphatic carbocycles. The largest absolute Gasteiger partial charge is 0.573 e. The van der Waals surface area contributed by atoms with Gasteiger partial charge >= 0.3 is 6.36 Å². The number of hydrogen-bond donors (Lipinski definition) is 3. The predicted molar refractivity (Wildman–Crippen MR) is 90.5 cm³/mol. The van der Waals surface area contributed by atoms with E-state index in [9.17, 15) is 18.0 Å². The number of rotatable bonds is 4. The number of halogens is 3. The highest BCUT2D eigenvalue weighted by atomic mass is 32.1. The molecule has 1 amide bonds. The Kier molecular flexibility index (Phi) is 6.43. The van der Waals surface area contributed by atoms with E-state index in [-0.39, 0.29) is 11.7 Å². The molecule has 0 radical (unpaired) electrons. The van der Waals surface area contributed by atoms with Gasteiger partial charge in [-0.05, 0) is 36.5 Å². The van der Waals surface area contributed by atoms with E-state index in [1.807, 2.05) is 0 Å². The smallest absolute Gasteiger partial charge is 0.406 e. The Morgan fingerprint density at radius 1 is 1.28 bits per heavy atom. The van der Waals surface area contributed by atoms with Crippen molar-refractivity contribution in [1.82, 2.24) is 10.2 Å². The van der Waals surface area contributed by atoms with Crippen LogP contribution in [-0.4, -0.2) is 62.1 Å². The minimum atomic E-state index is -4.73. The predicted octanol–water partition coefficient (Wildman–Crippen LogP) is 0.229. The third-order valence-corrected chi connectivity index (χ3v) is 4.22. The summed E-state index contributed by atoms with van der Waals surface area (Å²) in [5.74, 6) is -0.517. The van der Waals surface area contributed by atoms with Gasteiger partial charge in [-0.15, -0.1) is 13.2 Å². The zero-order valence-corrected chi connectivity index (χ0v) is 14.5. The van der Waals surface area contributed by atoms with Crippen LogP contribution in [0.15, 0.2) is 24.3 Å². The first-order valence-corrected chi connectivity index (χ1v) is 8.13. The summed E-state index contributed by atoms with van der Waals surface area (Å²) in [5, 5.41) is 6.30. The van der Waals surface area contributed by atoms with E-state index in [2.05, 4.69) is 20.3 Å². The van der Waals surface area contributed by atoms with E-state index in [0.29, 0.717) is 17.3 Å². The van der Waals surface area contributed by atoms with Crippen LogP contribution < -0.4 is 20.3 Å². The van der Waals surface area contributed by atoms with Gasteiger partial charge in [0.15, 0.2) is 11.7 Å². The third kappa shape index (κ3) is 6.39. The molecule has 1 aliphatic heterocycles. The molecule has 1 aromatic rings. The van der Waals surface area contributed by atoms with Crippen LogP contribution in [0.4, 0.5) is 18.9 Å². The number of amides is 1. The fourth-order valence-corrected chi connectivity index (χ4v) is 2.72. The Labute approximate surface area is 148 Å². The molecule has 0 atom stereocenters. The van der Waals surface area contributed by atoms with Gasteiger partial charge in [0.05, 0.1) is 26.2 Å². The molecule has 0 aromatic heterocycles. The van der Waals surface area contributed by atoms with Crippen LogP contribution in [0.3, 0.4) is 0 Å². The number of thiocarbonyl (C=S) groups is 1. The van der Waals surface area contributed by atoms with Crippen LogP contribution in [0.2, 0.25) is 0 Å². The second kappa shape index (κ2) is 8.34. The fourth-order valence-electron chi connectivity index (χ4n) is 2.53. The molecule has 3 N–H and O–H groups in total. The molecule has 6 nitrogen and oxygen atoms in total. The number of piperazine rings is 1. The lowest BCUT2D eigenvalue weighted by atomic mass is 10.3. The quantitative estimate of drug-likeness (QED) is 0.656. The Morgan fingerprint density at radius 2 is 1.88 bits per heavy atom. The van der Waals surface area contributed by atoms with Crippen LogP contribution in [-0.2, 0) is 4.79 Å². The number of ether oxygens (including phenoxy) is 1. The molecule has 1 aromatic carbocycles. The number of carbonyl (C=O) groups is 1. The van der Waals surface area contributed by atoms with Gasteiger partial charge in [0, 0.05) is 12.7 Å². The normalized spacial score (nSPS) is 15.6. The summed E-state index contributed by atoms with van der Waals surface area (Å²) in [4.78, 5) is 15.3. The van der Waals surface area contributed by atoms with Crippen molar-refractivity contribution in [3.05, 3.63) is 24.3 Å². The molecule has 2 rings (SSSR count). The van der Waals surface area contributed by atoms with Crippen molar-refractivity contribution in [2.24, 2.45) is 0 Å². The highest BCUT2D eigenvalue weighted by molar-refractivity contribution is 7.80. The van der Waals surface area contributed by atoms with Gasteiger partial charge in [-0.2, -0.15) is 0 Å². The standard InChI is InChI=1S/C15H19F3N4O2S/c1-19-14(25)22-8-6-21(7-9-22)10-13(23)20-11-2-4-12(5-3-11)24-15(16,17)18/h2-5H,6-10H2,1H3,(H,19,25)(H,20,23)/p+1. The van der Waals surface area contributed by atoms with Gasteiger partial charge in [-0.1, -0.05) is 0 Å². The molecule has 1 fully saturated rings.